The van der Waals surface area contributed by atoms with E-state index in [1.54, 1.807) is 12.3 Å². The molecule has 1 atom stereocenters. The second kappa shape index (κ2) is 6.24. The van der Waals surface area contributed by atoms with Gasteiger partial charge in [-0.05, 0) is 38.2 Å². The van der Waals surface area contributed by atoms with Gasteiger partial charge in [0.1, 0.15) is 5.82 Å². The van der Waals surface area contributed by atoms with Crippen molar-refractivity contribution >= 4 is 23.3 Å². The topological polar surface area (TPSA) is 54.0 Å². The molecule has 19 heavy (non-hydrogen) atoms. The highest BCUT2D eigenvalue weighted by Gasteiger charge is 2.29. The second-order valence-electron chi connectivity index (χ2n) is 5.08. The molecule has 4 nitrogen and oxygen atoms in total. The fraction of sp³-hybridized carbons (Fsp3) is 0.571. The molecule has 0 aromatic carbocycles. The summed E-state index contributed by atoms with van der Waals surface area (Å²) in [5.74, 6) is 1.17. The third-order valence-corrected chi connectivity index (χ3v) is 3.62. The molecule has 1 aliphatic rings. The van der Waals surface area contributed by atoms with Gasteiger partial charge in [-0.1, -0.05) is 18.5 Å². The Morgan fingerprint density at radius 1 is 1.58 bits per heavy atom. The minimum atomic E-state index is -0.101. The molecule has 0 radical (unpaired) electrons. The average Bonchev–Trinajstić information content (AvgIpc) is 3.21. The highest BCUT2D eigenvalue weighted by atomic mass is 35.5. The molecule has 1 aliphatic carbocycles. The average molecular weight is 282 g/mol. The lowest BCUT2D eigenvalue weighted by atomic mass is 10.2. The maximum atomic E-state index is 12.0. The zero-order valence-corrected chi connectivity index (χ0v) is 12.1. The van der Waals surface area contributed by atoms with Crippen molar-refractivity contribution in [3.05, 3.63) is 22.8 Å². The fourth-order valence-electron chi connectivity index (χ4n) is 1.94. The lowest BCUT2D eigenvalue weighted by molar-refractivity contribution is 0.0935. The van der Waals surface area contributed by atoms with Crippen molar-refractivity contribution in [2.45, 2.75) is 39.2 Å². The summed E-state index contributed by atoms with van der Waals surface area (Å²) in [6.07, 6.45) is 4.98. The summed E-state index contributed by atoms with van der Waals surface area (Å²) in [7, 11) is 0. The molecule has 1 fully saturated rings. The van der Waals surface area contributed by atoms with E-state index in [0.717, 1.165) is 13.0 Å². The fourth-order valence-corrected chi connectivity index (χ4v) is 2.17. The predicted molar refractivity (Wildman–Crippen MR) is 77.7 cm³/mol. The van der Waals surface area contributed by atoms with E-state index in [9.17, 15) is 4.79 Å². The number of nitrogens with one attached hydrogen (secondary N) is 2. The lowest BCUT2D eigenvalue weighted by Crippen LogP contribution is -2.34. The van der Waals surface area contributed by atoms with Crippen molar-refractivity contribution in [2.24, 2.45) is 5.92 Å². The van der Waals surface area contributed by atoms with Crippen LogP contribution in [0.3, 0.4) is 0 Å². The molecule has 1 unspecified atom stereocenters. The molecule has 1 heterocycles. The molecule has 2 rings (SSSR count). The maximum Gasteiger partial charge on any atom is 0.253 e. The third-order valence-electron chi connectivity index (χ3n) is 3.33. The number of nitrogens with zero attached hydrogens (tertiary/aromatic N) is 1. The van der Waals surface area contributed by atoms with E-state index in [1.807, 2.05) is 6.92 Å². The Bertz CT molecular complexity index is 460. The monoisotopic (exact) mass is 281 g/mol. The molecule has 0 spiro atoms. The van der Waals surface area contributed by atoms with Gasteiger partial charge in [0.25, 0.3) is 5.91 Å². The van der Waals surface area contributed by atoms with Gasteiger partial charge in [0.15, 0.2) is 0 Å². The SMILES string of the molecule is CCCNc1ncc(C(=O)NC(C)C2CC2)cc1Cl. The van der Waals surface area contributed by atoms with Crippen LogP contribution >= 0.6 is 11.6 Å². The van der Waals surface area contributed by atoms with Crippen LogP contribution in [-0.4, -0.2) is 23.5 Å². The Morgan fingerprint density at radius 3 is 2.89 bits per heavy atom. The van der Waals surface area contributed by atoms with Gasteiger partial charge in [-0.15, -0.1) is 0 Å². The Hall–Kier alpha value is -1.29. The molecule has 104 valence electrons. The normalized spacial score (nSPS) is 15.9. The van der Waals surface area contributed by atoms with Crippen LogP contribution in [0.25, 0.3) is 0 Å². The van der Waals surface area contributed by atoms with Gasteiger partial charge in [-0.2, -0.15) is 0 Å². The smallest absolute Gasteiger partial charge is 0.253 e. The number of hydrogen-bond acceptors (Lipinski definition) is 3. The van der Waals surface area contributed by atoms with Gasteiger partial charge in [0.2, 0.25) is 0 Å². The minimum Gasteiger partial charge on any atom is -0.369 e. The van der Waals surface area contributed by atoms with Crippen molar-refractivity contribution in [2.75, 3.05) is 11.9 Å². The van der Waals surface area contributed by atoms with E-state index in [2.05, 4.69) is 22.5 Å². The number of carbonyl (C=O) groups is 1. The Balaban J connectivity index is 1.99. The predicted octanol–water partition coefficient (Wildman–Crippen LogP) is 3.09. The summed E-state index contributed by atoms with van der Waals surface area (Å²) in [6.45, 7) is 4.93. The van der Waals surface area contributed by atoms with Crippen LogP contribution in [0.2, 0.25) is 5.02 Å². The number of hydrogen-bond donors (Lipinski definition) is 2. The van der Waals surface area contributed by atoms with Crippen molar-refractivity contribution < 1.29 is 4.79 Å². The van der Waals surface area contributed by atoms with Crippen molar-refractivity contribution in [3.8, 4) is 0 Å². The van der Waals surface area contributed by atoms with Crippen LogP contribution in [0, 0.1) is 5.92 Å². The lowest BCUT2D eigenvalue weighted by Gasteiger charge is -2.13. The van der Waals surface area contributed by atoms with Crippen molar-refractivity contribution in [1.29, 1.82) is 0 Å². The van der Waals surface area contributed by atoms with Gasteiger partial charge in [0, 0.05) is 18.8 Å². The molecule has 1 saturated carbocycles. The van der Waals surface area contributed by atoms with Crippen molar-refractivity contribution in [1.82, 2.24) is 10.3 Å². The van der Waals surface area contributed by atoms with Crippen LogP contribution in [0.5, 0.6) is 0 Å². The van der Waals surface area contributed by atoms with Gasteiger partial charge in [-0.3, -0.25) is 4.79 Å². The summed E-state index contributed by atoms with van der Waals surface area (Å²) in [4.78, 5) is 16.2. The Labute approximate surface area is 118 Å². The molecule has 5 heteroatoms. The zero-order valence-electron chi connectivity index (χ0n) is 11.4. The van der Waals surface area contributed by atoms with E-state index in [-0.39, 0.29) is 11.9 Å². The van der Waals surface area contributed by atoms with E-state index in [1.165, 1.54) is 12.8 Å². The number of amides is 1. The van der Waals surface area contributed by atoms with E-state index in [0.29, 0.717) is 22.3 Å². The number of carbonyl (C=O) groups excluding carboxylic acids is 1. The zero-order chi connectivity index (χ0) is 13.8. The first-order chi connectivity index (χ1) is 9.11. The largest absolute Gasteiger partial charge is 0.369 e. The van der Waals surface area contributed by atoms with Crippen LogP contribution < -0.4 is 10.6 Å². The van der Waals surface area contributed by atoms with Gasteiger partial charge in [0.05, 0.1) is 10.6 Å². The van der Waals surface area contributed by atoms with Crippen LogP contribution in [0.1, 0.15) is 43.5 Å². The molecule has 0 saturated heterocycles. The second-order valence-corrected chi connectivity index (χ2v) is 5.49. The van der Waals surface area contributed by atoms with Crippen LogP contribution in [0.15, 0.2) is 12.3 Å². The molecule has 0 aliphatic heterocycles. The molecule has 1 aromatic heterocycles. The Kier molecular flexibility index (Phi) is 4.64. The molecular weight excluding hydrogens is 262 g/mol. The van der Waals surface area contributed by atoms with Gasteiger partial charge >= 0.3 is 0 Å². The first-order valence-corrected chi connectivity index (χ1v) is 7.20. The molecular formula is C14H20ClN3O. The summed E-state index contributed by atoms with van der Waals surface area (Å²) >= 11 is 6.12. The minimum absolute atomic E-state index is 0.101. The van der Waals surface area contributed by atoms with Crippen LogP contribution in [0.4, 0.5) is 5.82 Å². The number of anilines is 1. The standard InChI is InChI=1S/C14H20ClN3O/c1-3-6-16-13-12(15)7-11(8-17-13)14(19)18-9(2)10-4-5-10/h7-10H,3-6H2,1-2H3,(H,16,17)(H,18,19). The van der Waals surface area contributed by atoms with Gasteiger partial charge in [-0.25, -0.2) is 4.98 Å². The Morgan fingerprint density at radius 2 is 2.32 bits per heavy atom. The van der Waals surface area contributed by atoms with Crippen molar-refractivity contribution in [3.63, 3.8) is 0 Å². The van der Waals surface area contributed by atoms with Crippen LogP contribution in [-0.2, 0) is 0 Å². The highest BCUT2D eigenvalue weighted by molar-refractivity contribution is 6.33. The number of rotatable bonds is 6. The van der Waals surface area contributed by atoms with E-state index < -0.39 is 0 Å². The molecule has 1 amide bonds. The summed E-state index contributed by atoms with van der Waals surface area (Å²) in [5.41, 5.74) is 0.513. The third kappa shape index (κ3) is 3.83. The first kappa shape index (κ1) is 14.1. The number of halogens is 1. The molecule has 1 aromatic rings. The number of pyridine rings is 1. The number of aromatic nitrogens is 1. The first-order valence-electron chi connectivity index (χ1n) is 6.82. The van der Waals surface area contributed by atoms with E-state index >= 15 is 0 Å². The maximum absolute atomic E-state index is 12.0. The molecule has 0 bridgehead atoms. The summed E-state index contributed by atoms with van der Waals surface area (Å²) in [6, 6.07) is 1.89. The highest BCUT2D eigenvalue weighted by Crippen LogP contribution is 2.32. The summed E-state index contributed by atoms with van der Waals surface area (Å²) in [5, 5.41) is 6.60. The summed E-state index contributed by atoms with van der Waals surface area (Å²) < 4.78 is 0. The molecule has 2 N–H and O–H groups in total. The van der Waals surface area contributed by atoms with E-state index in [4.69, 9.17) is 11.6 Å². The van der Waals surface area contributed by atoms with Gasteiger partial charge < -0.3 is 10.6 Å². The quantitative estimate of drug-likeness (QED) is 0.842.